The van der Waals surface area contributed by atoms with Crippen molar-refractivity contribution in [1.82, 2.24) is 0 Å². The molecule has 0 spiro atoms. The van der Waals surface area contributed by atoms with Gasteiger partial charge >= 0.3 is 0 Å². The summed E-state index contributed by atoms with van der Waals surface area (Å²) in [5.41, 5.74) is 7.70. The third-order valence-corrected chi connectivity index (χ3v) is 3.57. The largest absolute Gasteiger partial charge is 0.456 e. The molecule has 0 aliphatic carbocycles. The highest BCUT2D eigenvalue weighted by Gasteiger charge is 2.06. The Kier molecular flexibility index (Phi) is 4.86. The summed E-state index contributed by atoms with van der Waals surface area (Å²) in [6, 6.07) is 11.6. The molecular formula is C15H15BrClNO. The Morgan fingerprint density at radius 1 is 1.16 bits per heavy atom. The van der Waals surface area contributed by atoms with Crippen LogP contribution in [0.1, 0.15) is 11.1 Å². The van der Waals surface area contributed by atoms with Gasteiger partial charge in [0.1, 0.15) is 11.5 Å². The fourth-order valence-electron chi connectivity index (χ4n) is 1.80. The van der Waals surface area contributed by atoms with E-state index < -0.39 is 0 Å². The summed E-state index contributed by atoms with van der Waals surface area (Å²) in [6.45, 7) is 2.61. The first-order valence-corrected chi connectivity index (χ1v) is 7.20. The molecule has 0 radical (unpaired) electrons. The van der Waals surface area contributed by atoms with Gasteiger partial charge in [-0.2, -0.15) is 0 Å². The summed E-state index contributed by atoms with van der Waals surface area (Å²) in [5, 5.41) is 0.605. The van der Waals surface area contributed by atoms with E-state index in [1.807, 2.05) is 43.3 Å². The van der Waals surface area contributed by atoms with E-state index in [9.17, 15) is 0 Å². The zero-order valence-corrected chi connectivity index (χ0v) is 13.0. The number of rotatable bonds is 4. The van der Waals surface area contributed by atoms with Gasteiger partial charge in [-0.05, 0) is 61.3 Å². The molecule has 2 aromatic rings. The Bertz CT molecular complexity index is 586. The summed E-state index contributed by atoms with van der Waals surface area (Å²) >= 11 is 9.65. The van der Waals surface area contributed by atoms with Gasteiger partial charge in [-0.1, -0.05) is 33.6 Å². The number of hydrogen-bond acceptors (Lipinski definition) is 2. The maximum Gasteiger partial charge on any atom is 0.146 e. The van der Waals surface area contributed by atoms with Gasteiger partial charge in [-0.25, -0.2) is 0 Å². The molecule has 0 aromatic heterocycles. The average molecular weight is 341 g/mol. The predicted octanol–water partition coefficient (Wildman–Crippen LogP) is 4.70. The van der Waals surface area contributed by atoms with Gasteiger partial charge in [0.05, 0.1) is 5.02 Å². The maximum atomic E-state index is 6.22. The number of nitrogens with two attached hydrogens (primary N) is 1. The first kappa shape index (κ1) is 14.4. The Balaban J connectivity index is 2.23. The summed E-state index contributed by atoms with van der Waals surface area (Å²) in [4.78, 5) is 0. The minimum atomic E-state index is 0.605. The zero-order chi connectivity index (χ0) is 13.8. The molecule has 0 atom stereocenters. The third-order valence-electron chi connectivity index (χ3n) is 2.79. The third kappa shape index (κ3) is 3.72. The molecule has 4 heteroatoms. The topological polar surface area (TPSA) is 35.2 Å². The van der Waals surface area contributed by atoms with Crippen LogP contribution in [0.25, 0.3) is 0 Å². The summed E-state index contributed by atoms with van der Waals surface area (Å²) in [7, 11) is 0. The summed E-state index contributed by atoms with van der Waals surface area (Å²) in [5.74, 6) is 1.46. The van der Waals surface area contributed by atoms with E-state index in [4.69, 9.17) is 22.1 Å². The molecule has 0 aliphatic heterocycles. The van der Waals surface area contributed by atoms with Crippen LogP contribution in [0, 0.1) is 6.92 Å². The maximum absolute atomic E-state index is 6.22. The quantitative estimate of drug-likeness (QED) is 0.875. The highest BCUT2D eigenvalue weighted by molar-refractivity contribution is 9.10. The molecular weight excluding hydrogens is 326 g/mol. The van der Waals surface area contributed by atoms with E-state index in [1.54, 1.807) is 0 Å². The van der Waals surface area contributed by atoms with Gasteiger partial charge < -0.3 is 10.5 Å². The van der Waals surface area contributed by atoms with Crippen molar-refractivity contribution < 1.29 is 4.74 Å². The minimum Gasteiger partial charge on any atom is -0.456 e. The number of aryl methyl sites for hydroxylation is 1. The second-order valence-corrected chi connectivity index (χ2v) is 5.64. The van der Waals surface area contributed by atoms with Crippen molar-refractivity contribution >= 4 is 27.5 Å². The molecule has 0 fully saturated rings. The summed E-state index contributed by atoms with van der Waals surface area (Å²) in [6.07, 6.45) is 0.817. The van der Waals surface area contributed by atoms with Crippen molar-refractivity contribution in [3.8, 4) is 11.5 Å². The molecule has 2 rings (SSSR count). The lowest BCUT2D eigenvalue weighted by atomic mass is 10.1. The first-order valence-electron chi connectivity index (χ1n) is 6.02. The van der Waals surface area contributed by atoms with Gasteiger partial charge in [-0.15, -0.1) is 0 Å². The van der Waals surface area contributed by atoms with Crippen LogP contribution in [0.4, 0.5) is 0 Å². The molecule has 0 heterocycles. The van der Waals surface area contributed by atoms with Crippen LogP contribution in [0.2, 0.25) is 5.02 Å². The fraction of sp³-hybridized carbons (Fsp3) is 0.200. The highest BCUT2D eigenvalue weighted by atomic mass is 79.9. The monoisotopic (exact) mass is 339 g/mol. The molecule has 2 nitrogen and oxygen atoms in total. The molecule has 2 aromatic carbocycles. The number of halogens is 2. The molecule has 0 aliphatic rings. The summed E-state index contributed by atoms with van der Waals surface area (Å²) < 4.78 is 6.87. The van der Waals surface area contributed by atoms with E-state index >= 15 is 0 Å². The van der Waals surface area contributed by atoms with Crippen LogP contribution in [-0.4, -0.2) is 6.54 Å². The Morgan fingerprint density at radius 3 is 2.53 bits per heavy atom. The molecule has 0 bridgehead atoms. The Morgan fingerprint density at radius 2 is 1.89 bits per heavy atom. The molecule has 0 amide bonds. The van der Waals surface area contributed by atoms with E-state index in [-0.39, 0.29) is 0 Å². The standard InChI is InChI=1S/C15H15BrClNO/c1-10-8-12(16)3-5-14(10)19-15-4-2-11(6-7-18)9-13(15)17/h2-5,8-9H,6-7,18H2,1H3. The van der Waals surface area contributed by atoms with E-state index in [2.05, 4.69) is 15.9 Å². The predicted molar refractivity (Wildman–Crippen MR) is 83.2 cm³/mol. The lowest BCUT2D eigenvalue weighted by molar-refractivity contribution is 0.479. The van der Waals surface area contributed by atoms with Crippen LogP contribution in [0.5, 0.6) is 11.5 Å². The SMILES string of the molecule is Cc1cc(Br)ccc1Oc1ccc(CCN)cc1Cl. The van der Waals surface area contributed by atoms with E-state index in [0.29, 0.717) is 17.3 Å². The molecule has 100 valence electrons. The van der Waals surface area contributed by atoms with Crippen molar-refractivity contribution in [2.75, 3.05) is 6.54 Å². The lowest BCUT2D eigenvalue weighted by Gasteiger charge is -2.11. The van der Waals surface area contributed by atoms with Crippen molar-refractivity contribution in [3.63, 3.8) is 0 Å². The van der Waals surface area contributed by atoms with Crippen LogP contribution in [0.3, 0.4) is 0 Å². The van der Waals surface area contributed by atoms with Crippen LogP contribution < -0.4 is 10.5 Å². The van der Waals surface area contributed by atoms with Crippen molar-refractivity contribution in [2.45, 2.75) is 13.3 Å². The second kappa shape index (κ2) is 6.42. The van der Waals surface area contributed by atoms with Crippen molar-refractivity contribution in [2.24, 2.45) is 5.73 Å². The van der Waals surface area contributed by atoms with E-state index in [1.165, 1.54) is 0 Å². The molecule has 0 saturated heterocycles. The number of benzene rings is 2. The normalized spacial score (nSPS) is 10.5. The first-order chi connectivity index (χ1) is 9.10. The van der Waals surface area contributed by atoms with Crippen molar-refractivity contribution in [1.29, 1.82) is 0 Å². The van der Waals surface area contributed by atoms with Crippen molar-refractivity contribution in [3.05, 3.63) is 57.0 Å². The highest BCUT2D eigenvalue weighted by Crippen LogP contribution is 2.32. The van der Waals surface area contributed by atoms with E-state index in [0.717, 1.165) is 27.8 Å². The average Bonchev–Trinajstić information content (AvgIpc) is 2.36. The Labute approximate surface area is 126 Å². The van der Waals surface area contributed by atoms with Crippen LogP contribution in [-0.2, 0) is 6.42 Å². The molecule has 19 heavy (non-hydrogen) atoms. The van der Waals surface area contributed by atoms with Crippen LogP contribution >= 0.6 is 27.5 Å². The van der Waals surface area contributed by atoms with Gasteiger partial charge in [0.15, 0.2) is 0 Å². The number of ether oxygens (including phenoxy) is 1. The molecule has 0 unspecified atom stereocenters. The number of hydrogen-bond donors (Lipinski definition) is 1. The second-order valence-electron chi connectivity index (χ2n) is 4.32. The van der Waals surface area contributed by atoms with Crippen LogP contribution in [0.15, 0.2) is 40.9 Å². The molecule has 2 N–H and O–H groups in total. The van der Waals surface area contributed by atoms with Gasteiger partial charge in [0.2, 0.25) is 0 Å². The smallest absolute Gasteiger partial charge is 0.146 e. The van der Waals surface area contributed by atoms with Gasteiger partial charge in [0.25, 0.3) is 0 Å². The minimum absolute atomic E-state index is 0.605. The van der Waals surface area contributed by atoms with Gasteiger partial charge in [0, 0.05) is 4.47 Å². The lowest BCUT2D eigenvalue weighted by Crippen LogP contribution is -2.02. The molecule has 0 saturated carbocycles. The van der Waals surface area contributed by atoms with Gasteiger partial charge in [-0.3, -0.25) is 0 Å². The Hall–Kier alpha value is -1.03. The zero-order valence-electron chi connectivity index (χ0n) is 10.6. The fourth-order valence-corrected chi connectivity index (χ4v) is 2.51.